The Bertz CT molecular complexity index is 2420. The first kappa shape index (κ1) is 24.9. The molecule has 0 bridgehead atoms. The van der Waals surface area contributed by atoms with Crippen molar-refractivity contribution in [2.75, 3.05) is 0 Å². The smallest absolute Gasteiger partial charge is 0.235 e. The summed E-state index contributed by atoms with van der Waals surface area (Å²) in [6.45, 7) is 0. The summed E-state index contributed by atoms with van der Waals surface area (Å²) in [5.41, 5.74) is 8.83. The molecule has 4 aromatic heterocycles. The third-order valence-electron chi connectivity index (χ3n) is 8.23. The van der Waals surface area contributed by atoms with E-state index in [0.29, 0.717) is 5.95 Å². The molecule has 0 N–H and O–H groups in total. The molecule has 0 aliphatic rings. The minimum Gasteiger partial charge on any atom is -0.276 e. The highest BCUT2D eigenvalue weighted by Crippen LogP contribution is 2.40. The van der Waals surface area contributed by atoms with Crippen molar-refractivity contribution in [1.82, 2.24) is 19.5 Å². The van der Waals surface area contributed by atoms with Gasteiger partial charge >= 0.3 is 0 Å². The summed E-state index contributed by atoms with van der Waals surface area (Å²) < 4.78 is 4.70. The van der Waals surface area contributed by atoms with Crippen LogP contribution in [0, 0.1) is 0 Å². The maximum Gasteiger partial charge on any atom is 0.235 e. The van der Waals surface area contributed by atoms with Crippen LogP contribution in [0.4, 0.5) is 0 Å². The molecule has 0 spiro atoms. The summed E-state index contributed by atoms with van der Waals surface area (Å²) in [6, 6.07) is 50.6. The summed E-state index contributed by atoms with van der Waals surface area (Å²) in [7, 11) is 0. The first-order chi connectivity index (χ1) is 21.8. The molecule has 0 aliphatic carbocycles. The molecule has 0 saturated heterocycles. The van der Waals surface area contributed by atoms with Gasteiger partial charge < -0.3 is 0 Å². The minimum atomic E-state index is 0.625. The molecule has 0 atom stereocenters. The predicted molar refractivity (Wildman–Crippen MR) is 183 cm³/mol. The van der Waals surface area contributed by atoms with E-state index in [2.05, 4.69) is 108 Å². The lowest BCUT2D eigenvalue weighted by atomic mass is 10.1. The van der Waals surface area contributed by atoms with Crippen LogP contribution in [0.15, 0.2) is 146 Å². The predicted octanol–water partition coefficient (Wildman–Crippen LogP) is 10.3. The fraction of sp³-hybridized carbons (Fsp3) is 0. The third kappa shape index (κ3) is 4.02. The zero-order valence-corrected chi connectivity index (χ0v) is 24.4. The second kappa shape index (κ2) is 9.97. The normalized spacial score (nSPS) is 11.6. The average Bonchev–Trinajstić information content (AvgIpc) is 3.62. The van der Waals surface area contributed by atoms with Crippen LogP contribution >= 0.6 is 11.3 Å². The van der Waals surface area contributed by atoms with Gasteiger partial charge in [0, 0.05) is 42.2 Å². The van der Waals surface area contributed by atoms with Crippen LogP contribution in [0.1, 0.15) is 0 Å². The Morgan fingerprint density at radius 2 is 1.00 bits per heavy atom. The number of nitrogens with zero attached hydrogens (tertiary/aromatic N) is 4. The third-order valence-corrected chi connectivity index (χ3v) is 9.36. The topological polar surface area (TPSA) is 43.6 Å². The molecule has 206 valence electrons. The lowest BCUT2D eigenvalue weighted by Gasteiger charge is -2.12. The Morgan fingerprint density at radius 1 is 0.409 bits per heavy atom. The quantitative estimate of drug-likeness (QED) is 0.208. The number of aromatic nitrogens is 4. The number of hydrogen-bond acceptors (Lipinski definition) is 4. The van der Waals surface area contributed by atoms with Crippen LogP contribution in [0.25, 0.3) is 81.8 Å². The lowest BCUT2D eigenvalue weighted by molar-refractivity contribution is 0.995. The van der Waals surface area contributed by atoms with Gasteiger partial charge in [0.05, 0.1) is 33.6 Å². The molecule has 9 aromatic rings. The van der Waals surface area contributed by atoms with Crippen molar-refractivity contribution < 1.29 is 0 Å². The zero-order valence-electron chi connectivity index (χ0n) is 23.6. The van der Waals surface area contributed by atoms with E-state index >= 15 is 0 Å². The van der Waals surface area contributed by atoms with Gasteiger partial charge in [0.25, 0.3) is 0 Å². The van der Waals surface area contributed by atoms with Gasteiger partial charge in [0.15, 0.2) is 0 Å². The molecule has 0 unspecified atom stereocenters. The highest BCUT2D eigenvalue weighted by Gasteiger charge is 2.20. The van der Waals surface area contributed by atoms with E-state index in [0.717, 1.165) is 55.7 Å². The molecule has 0 saturated carbocycles. The van der Waals surface area contributed by atoms with Crippen molar-refractivity contribution in [1.29, 1.82) is 0 Å². The van der Waals surface area contributed by atoms with Crippen LogP contribution in [-0.4, -0.2) is 19.5 Å². The van der Waals surface area contributed by atoms with Gasteiger partial charge in [0.2, 0.25) is 5.95 Å². The van der Waals surface area contributed by atoms with Crippen molar-refractivity contribution >= 4 is 53.4 Å². The maximum absolute atomic E-state index is 5.28. The van der Waals surface area contributed by atoms with Gasteiger partial charge in [-0.2, -0.15) is 0 Å². The standard InChI is InChI=1S/C39H24N4S/c1-4-12-25(13-5-1)31-20-21-34-38(40-31)30-22-29-28-18-10-11-19-36(28)44-37(29)24-35(30)43(34)39-41-32(26-14-6-2-7-15-26)23-33(42-39)27-16-8-3-9-17-27/h1-24H. The van der Waals surface area contributed by atoms with Crippen molar-refractivity contribution in [3.63, 3.8) is 0 Å². The van der Waals surface area contributed by atoms with Crippen molar-refractivity contribution in [3.8, 4) is 39.7 Å². The number of thiophene rings is 1. The summed E-state index contributed by atoms with van der Waals surface area (Å²) in [5.74, 6) is 0.625. The molecule has 0 amide bonds. The molecule has 5 heteroatoms. The Kier molecular flexibility index (Phi) is 5.64. The van der Waals surface area contributed by atoms with Crippen molar-refractivity contribution in [2.45, 2.75) is 0 Å². The molecule has 0 aliphatic heterocycles. The van der Waals surface area contributed by atoms with Gasteiger partial charge in [-0.05, 0) is 36.4 Å². The Balaban J connectivity index is 1.39. The van der Waals surface area contributed by atoms with Crippen LogP contribution in [0.5, 0.6) is 0 Å². The van der Waals surface area contributed by atoms with Gasteiger partial charge in [-0.15, -0.1) is 11.3 Å². The molecule has 0 radical (unpaired) electrons. The van der Waals surface area contributed by atoms with Crippen LogP contribution in [-0.2, 0) is 0 Å². The summed E-state index contributed by atoms with van der Waals surface area (Å²) >= 11 is 1.82. The van der Waals surface area contributed by atoms with Crippen molar-refractivity contribution in [2.24, 2.45) is 0 Å². The fourth-order valence-corrected chi connectivity index (χ4v) is 7.25. The SMILES string of the molecule is c1ccc(-c2cc(-c3ccccc3)nc(-n3c4cc5sc6ccccc6c5cc4c4nc(-c5ccccc5)ccc43)n2)cc1. The summed E-state index contributed by atoms with van der Waals surface area (Å²) in [6.07, 6.45) is 0. The van der Waals surface area contributed by atoms with Gasteiger partial charge in [-0.25, -0.2) is 15.0 Å². The van der Waals surface area contributed by atoms with Gasteiger partial charge in [0.1, 0.15) is 0 Å². The Morgan fingerprint density at radius 3 is 1.66 bits per heavy atom. The molecule has 9 rings (SSSR count). The molecule has 5 aromatic carbocycles. The fourth-order valence-electron chi connectivity index (χ4n) is 6.13. The second-order valence-electron chi connectivity index (χ2n) is 10.9. The Labute approximate surface area is 257 Å². The number of pyridine rings is 1. The van der Waals surface area contributed by atoms with Gasteiger partial charge in [-0.1, -0.05) is 109 Å². The first-order valence-electron chi connectivity index (χ1n) is 14.6. The highest BCUT2D eigenvalue weighted by molar-refractivity contribution is 7.25. The zero-order chi connectivity index (χ0) is 29.0. The van der Waals surface area contributed by atoms with E-state index < -0.39 is 0 Å². The largest absolute Gasteiger partial charge is 0.276 e. The molecular formula is C39H24N4S. The minimum absolute atomic E-state index is 0.625. The second-order valence-corrected chi connectivity index (χ2v) is 12.0. The van der Waals surface area contributed by atoms with Crippen LogP contribution < -0.4 is 0 Å². The van der Waals surface area contributed by atoms with E-state index in [4.69, 9.17) is 15.0 Å². The number of hydrogen-bond donors (Lipinski definition) is 0. The van der Waals surface area contributed by atoms with E-state index in [1.54, 1.807) is 0 Å². The molecule has 44 heavy (non-hydrogen) atoms. The highest BCUT2D eigenvalue weighted by atomic mass is 32.1. The van der Waals surface area contributed by atoms with E-state index in [1.165, 1.54) is 20.2 Å². The lowest BCUT2D eigenvalue weighted by Crippen LogP contribution is -2.04. The van der Waals surface area contributed by atoms with E-state index in [9.17, 15) is 0 Å². The van der Waals surface area contributed by atoms with Gasteiger partial charge in [-0.3, -0.25) is 4.57 Å². The molecule has 0 fully saturated rings. The van der Waals surface area contributed by atoms with Crippen LogP contribution in [0.2, 0.25) is 0 Å². The molecular weight excluding hydrogens is 557 g/mol. The maximum atomic E-state index is 5.28. The molecule has 4 heterocycles. The average molecular weight is 581 g/mol. The van der Waals surface area contributed by atoms with E-state index in [1.807, 2.05) is 53.8 Å². The summed E-state index contributed by atoms with van der Waals surface area (Å²) in [4.78, 5) is 15.7. The number of benzene rings is 5. The summed E-state index contributed by atoms with van der Waals surface area (Å²) in [5, 5.41) is 3.60. The number of rotatable bonds is 4. The molecule has 4 nitrogen and oxygen atoms in total. The van der Waals surface area contributed by atoms with E-state index in [-0.39, 0.29) is 0 Å². The Hall–Kier alpha value is -5.65. The first-order valence-corrected chi connectivity index (χ1v) is 15.4. The van der Waals surface area contributed by atoms with Crippen LogP contribution in [0.3, 0.4) is 0 Å². The number of fused-ring (bicyclic) bond motifs is 6. The monoisotopic (exact) mass is 580 g/mol. The van der Waals surface area contributed by atoms with Crippen molar-refractivity contribution in [3.05, 3.63) is 146 Å².